The first-order valence-electron chi connectivity index (χ1n) is 8.91. The molecule has 0 aliphatic rings. The van der Waals surface area contributed by atoms with Gasteiger partial charge in [0.05, 0.1) is 30.7 Å². The van der Waals surface area contributed by atoms with Crippen LogP contribution in [0.25, 0.3) is 16.6 Å². The molecule has 0 atom stereocenters. The molecule has 0 spiro atoms. The lowest BCUT2D eigenvalue weighted by atomic mass is 10.1. The maximum absolute atomic E-state index is 12.7. The molecule has 0 amide bonds. The Kier molecular flexibility index (Phi) is 5.90. The second kappa shape index (κ2) is 8.35. The number of rotatable bonds is 6. The van der Waals surface area contributed by atoms with Gasteiger partial charge in [-0.25, -0.2) is 4.79 Å². The van der Waals surface area contributed by atoms with E-state index in [9.17, 15) is 14.7 Å². The normalized spacial score (nSPS) is 10.8. The lowest BCUT2D eigenvalue weighted by molar-refractivity contribution is -0.142. The van der Waals surface area contributed by atoms with Crippen LogP contribution >= 0.6 is 11.6 Å². The minimum Gasteiger partial charge on any atom is -0.508 e. The van der Waals surface area contributed by atoms with Crippen molar-refractivity contribution >= 4 is 34.4 Å². The number of carbonyl (C=O) groups is 2. The SMILES string of the molecule is CCOC(=O)Cc1c(C(=O)OCC)c2cc(O)ccc2n1-c1ccc(Cl)cc1. The number of esters is 2. The fourth-order valence-electron chi connectivity index (χ4n) is 3.16. The van der Waals surface area contributed by atoms with Gasteiger partial charge in [0.25, 0.3) is 0 Å². The van der Waals surface area contributed by atoms with Crippen molar-refractivity contribution in [3.8, 4) is 11.4 Å². The van der Waals surface area contributed by atoms with Crippen LogP contribution < -0.4 is 0 Å². The topological polar surface area (TPSA) is 77.8 Å². The molecule has 0 saturated carbocycles. The Morgan fingerprint density at radius 2 is 1.71 bits per heavy atom. The number of aromatic nitrogens is 1. The van der Waals surface area contributed by atoms with Crippen LogP contribution in [-0.4, -0.2) is 34.8 Å². The van der Waals surface area contributed by atoms with Crippen LogP contribution in [0.5, 0.6) is 5.75 Å². The van der Waals surface area contributed by atoms with Crippen molar-refractivity contribution in [2.75, 3.05) is 13.2 Å². The molecule has 1 N–H and O–H groups in total. The average Bonchev–Trinajstić information content (AvgIpc) is 2.95. The van der Waals surface area contributed by atoms with Gasteiger partial charge >= 0.3 is 11.9 Å². The van der Waals surface area contributed by atoms with E-state index in [0.29, 0.717) is 21.6 Å². The Balaban J connectivity index is 2.33. The quantitative estimate of drug-likeness (QED) is 0.624. The molecule has 2 aromatic carbocycles. The van der Waals surface area contributed by atoms with Crippen LogP contribution in [0.1, 0.15) is 29.9 Å². The second-order valence-electron chi connectivity index (χ2n) is 6.04. The van der Waals surface area contributed by atoms with E-state index in [-0.39, 0.29) is 30.9 Å². The van der Waals surface area contributed by atoms with Crippen molar-refractivity contribution in [1.29, 1.82) is 0 Å². The molecule has 3 rings (SSSR count). The van der Waals surface area contributed by atoms with Gasteiger partial charge in [-0.3, -0.25) is 4.79 Å². The Bertz CT molecular complexity index is 1020. The summed E-state index contributed by atoms with van der Waals surface area (Å²) in [5.41, 5.74) is 2.04. The molecule has 0 aliphatic heterocycles. The number of fused-ring (bicyclic) bond motifs is 1. The average molecular weight is 402 g/mol. The number of phenols is 1. The van der Waals surface area contributed by atoms with Gasteiger partial charge < -0.3 is 19.1 Å². The van der Waals surface area contributed by atoms with Crippen molar-refractivity contribution in [2.24, 2.45) is 0 Å². The highest BCUT2D eigenvalue weighted by atomic mass is 35.5. The highest BCUT2D eigenvalue weighted by molar-refractivity contribution is 6.30. The van der Waals surface area contributed by atoms with Crippen LogP contribution in [0.2, 0.25) is 5.02 Å². The third kappa shape index (κ3) is 3.82. The predicted molar refractivity (Wildman–Crippen MR) is 106 cm³/mol. The summed E-state index contributed by atoms with van der Waals surface area (Å²) in [5.74, 6) is -1.02. The van der Waals surface area contributed by atoms with E-state index in [0.717, 1.165) is 5.69 Å². The zero-order valence-electron chi connectivity index (χ0n) is 15.6. The van der Waals surface area contributed by atoms with Crippen LogP contribution in [0.3, 0.4) is 0 Å². The monoisotopic (exact) mass is 401 g/mol. The molecule has 0 unspecified atom stereocenters. The highest BCUT2D eigenvalue weighted by Crippen LogP contribution is 2.33. The van der Waals surface area contributed by atoms with E-state index in [1.807, 2.05) is 0 Å². The Morgan fingerprint density at radius 3 is 2.36 bits per heavy atom. The fourth-order valence-corrected chi connectivity index (χ4v) is 3.29. The summed E-state index contributed by atoms with van der Waals surface area (Å²) in [6, 6.07) is 11.7. The van der Waals surface area contributed by atoms with Gasteiger partial charge in [-0.1, -0.05) is 11.6 Å². The third-order valence-corrected chi connectivity index (χ3v) is 4.48. The zero-order chi connectivity index (χ0) is 20.3. The number of carbonyl (C=O) groups excluding carboxylic acids is 2. The summed E-state index contributed by atoms with van der Waals surface area (Å²) >= 11 is 6.01. The first-order chi connectivity index (χ1) is 13.5. The first kappa shape index (κ1) is 19.8. The third-order valence-electron chi connectivity index (χ3n) is 4.23. The number of phenolic OH excluding ortho intramolecular Hbond substituents is 1. The van der Waals surface area contributed by atoms with E-state index < -0.39 is 11.9 Å². The molecule has 0 fully saturated rings. The zero-order valence-corrected chi connectivity index (χ0v) is 16.3. The van der Waals surface area contributed by atoms with Gasteiger partial charge in [-0.2, -0.15) is 0 Å². The van der Waals surface area contributed by atoms with Crippen molar-refractivity contribution < 1.29 is 24.2 Å². The van der Waals surface area contributed by atoms with E-state index in [1.165, 1.54) is 12.1 Å². The summed E-state index contributed by atoms with van der Waals surface area (Å²) in [6.45, 7) is 3.84. The summed E-state index contributed by atoms with van der Waals surface area (Å²) in [4.78, 5) is 25.0. The molecule has 1 heterocycles. The van der Waals surface area contributed by atoms with Gasteiger partial charge in [-0.15, -0.1) is 0 Å². The van der Waals surface area contributed by atoms with Crippen molar-refractivity contribution in [3.63, 3.8) is 0 Å². The van der Waals surface area contributed by atoms with Crippen LogP contribution in [0.15, 0.2) is 42.5 Å². The minimum absolute atomic E-state index is 0.00832. The van der Waals surface area contributed by atoms with Gasteiger partial charge in [0.1, 0.15) is 5.75 Å². The summed E-state index contributed by atoms with van der Waals surface area (Å²) in [5, 5.41) is 11.0. The van der Waals surface area contributed by atoms with E-state index >= 15 is 0 Å². The van der Waals surface area contributed by atoms with Crippen LogP contribution in [-0.2, 0) is 20.7 Å². The number of hydrogen-bond acceptors (Lipinski definition) is 5. The van der Waals surface area contributed by atoms with E-state index in [4.69, 9.17) is 21.1 Å². The molecule has 146 valence electrons. The minimum atomic E-state index is -0.565. The lowest BCUT2D eigenvalue weighted by Crippen LogP contribution is -2.15. The van der Waals surface area contributed by atoms with Crippen molar-refractivity contribution in [1.82, 2.24) is 4.57 Å². The van der Waals surface area contributed by atoms with Gasteiger partial charge in [0.2, 0.25) is 0 Å². The number of nitrogens with zero attached hydrogens (tertiary/aromatic N) is 1. The second-order valence-corrected chi connectivity index (χ2v) is 6.47. The molecule has 0 radical (unpaired) electrons. The number of halogens is 1. The molecule has 0 bridgehead atoms. The Hall–Kier alpha value is -2.99. The molecule has 28 heavy (non-hydrogen) atoms. The molecule has 0 aliphatic carbocycles. The smallest absolute Gasteiger partial charge is 0.340 e. The number of hydrogen-bond donors (Lipinski definition) is 1. The maximum atomic E-state index is 12.7. The molecule has 6 nitrogen and oxygen atoms in total. The van der Waals surface area contributed by atoms with Crippen molar-refractivity contribution in [3.05, 3.63) is 58.7 Å². The summed E-state index contributed by atoms with van der Waals surface area (Å²) in [6.07, 6.45) is -0.125. The standard InChI is InChI=1S/C21H20ClNO5/c1-3-27-19(25)12-18-20(21(26)28-4-2)16-11-15(24)9-10-17(16)23(18)14-7-5-13(22)6-8-14/h5-11,24H,3-4,12H2,1-2H3. The molecular weight excluding hydrogens is 382 g/mol. The highest BCUT2D eigenvalue weighted by Gasteiger charge is 2.26. The van der Waals surface area contributed by atoms with Gasteiger partial charge in [0, 0.05) is 21.8 Å². The number of aromatic hydroxyl groups is 1. The first-order valence-corrected chi connectivity index (χ1v) is 9.29. The van der Waals surface area contributed by atoms with Gasteiger partial charge in [-0.05, 0) is 56.3 Å². The lowest BCUT2D eigenvalue weighted by Gasteiger charge is -2.12. The van der Waals surface area contributed by atoms with Crippen LogP contribution in [0.4, 0.5) is 0 Å². The predicted octanol–water partition coefficient (Wildman–Crippen LogP) is 4.27. The number of ether oxygens (including phenoxy) is 2. The molecule has 3 aromatic rings. The Morgan fingerprint density at radius 1 is 1.04 bits per heavy atom. The molecular formula is C21H20ClNO5. The molecule has 0 saturated heterocycles. The largest absolute Gasteiger partial charge is 0.508 e. The molecule has 7 heteroatoms. The maximum Gasteiger partial charge on any atom is 0.340 e. The summed E-state index contributed by atoms with van der Waals surface area (Å²) in [7, 11) is 0. The van der Waals surface area contributed by atoms with E-state index in [1.54, 1.807) is 48.7 Å². The molecule has 1 aromatic heterocycles. The van der Waals surface area contributed by atoms with E-state index in [2.05, 4.69) is 0 Å². The van der Waals surface area contributed by atoms with Crippen molar-refractivity contribution in [2.45, 2.75) is 20.3 Å². The Labute approximate surface area is 167 Å². The van der Waals surface area contributed by atoms with Gasteiger partial charge in [0.15, 0.2) is 0 Å². The number of benzene rings is 2. The fraction of sp³-hybridized carbons (Fsp3) is 0.238. The summed E-state index contributed by atoms with van der Waals surface area (Å²) < 4.78 is 12.1. The van der Waals surface area contributed by atoms with Crippen LogP contribution in [0, 0.1) is 0 Å².